The third-order valence-corrected chi connectivity index (χ3v) is 7.83. The molecule has 1 N–H and O–H groups in total. The normalized spacial score (nSPS) is 14.4. The molecule has 0 atom stereocenters. The number of rotatable bonds is 5. The molecule has 2 amide bonds. The number of fused-ring (bicyclic) bond motifs is 1. The number of hydrogen-bond donors (Lipinski definition) is 1. The molecular weight excluding hydrogens is 548 g/mol. The largest absolute Gasteiger partial charge is 0.285 e. The Morgan fingerprint density at radius 2 is 1.64 bits per heavy atom. The van der Waals surface area contributed by atoms with Gasteiger partial charge in [-0.15, -0.1) is 0 Å². The number of nitrogens with zero attached hydrogens (tertiary/aromatic N) is 3. The van der Waals surface area contributed by atoms with Gasteiger partial charge in [0.1, 0.15) is 5.69 Å². The molecule has 0 bridgehead atoms. The summed E-state index contributed by atoms with van der Waals surface area (Å²) in [5, 5.41) is 8.45. The molecule has 190 valence electrons. The summed E-state index contributed by atoms with van der Waals surface area (Å²) >= 11 is 12.7. The van der Waals surface area contributed by atoms with E-state index in [4.69, 9.17) is 28.9 Å². The van der Waals surface area contributed by atoms with Crippen molar-refractivity contribution in [3.8, 4) is 16.9 Å². The van der Waals surface area contributed by atoms with Gasteiger partial charge < -0.3 is 0 Å². The van der Waals surface area contributed by atoms with Crippen LogP contribution in [0.1, 0.15) is 15.9 Å². The predicted octanol–water partition coefficient (Wildman–Crippen LogP) is 6.89. The number of thiocarbonyl (C=S) groups is 1. The minimum absolute atomic E-state index is 0.217. The van der Waals surface area contributed by atoms with E-state index in [2.05, 4.69) is 29.7 Å². The number of hydrazine groups is 1. The van der Waals surface area contributed by atoms with Gasteiger partial charge in [0.05, 0.1) is 21.2 Å². The second-order valence-electron chi connectivity index (χ2n) is 8.71. The highest BCUT2D eigenvalue weighted by atomic mass is 35.5. The Bertz CT molecular complexity index is 1800. The summed E-state index contributed by atoms with van der Waals surface area (Å²) in [4.78, 5) is 26.5. The van der Waals surface area contributed by atoms with Crippen molar-refractivity contribution in [2.45, 2.75) is 0 Å². The standard InChI is InChI=1S/C30H19ClN4O2S2/c31-25-13-7-6-12-24(25)28(36)33-35-29(37)26(39-30(35)38)17-22-18-34(23-10-2-1-3-11-23)32-27(22)21-15-14-19-8-4-5-9-20(19)16-21/h1-18H,(H,33,36)/b26-17+. The smallest absolute Gasteiger partial charge is 0.267 e. The summed E-state index contributed by atoms with van der Waals surface area (Å²) in [7, 11) is 0. The molecule has 0 spiro atoms. The SMILES string of the molecule is O=C(NN1C(=O)/C(=C\c2cn(-c3ccccc3)nc2-c2ccc3ccccc3c2)SC1=S)c1ccccc1Cl. The highest BCUT2D eigenvalue weighted by Gasteiger charge is 2.34. The van der Waals surface area contributed by atoms with Gasteiger partial charge in [-0.3, -0.25) is 15.0 Å². The molecule has 9 heteroatoms. The molecule has 5 aromatic rings. The van der Waals surface area contributed by atoms with E-state index in [0.29, 0.717) is 4.91 Å². The molecule has 0 radical (unpaired) electrons. The molecule has 0 saturated carbocycles. The summed E-state index contributed by atoms with van der Waals surface area (Å²) in [6.45, 7) is 0. The molecule has 0 unspecified atom stereocenters. The zero-order valence-corrected chi connectivity index (χ0v) is 22.6. The van der Waals surface area contributed by atoms with Gasteiger partial charge in [-0.25, -0.2) is 4.68 Å². The van der Waals surface area contributed by atoms with Crippen molar-refractivity contribution in [3.63, 3.8) is 0 Å². The number of benzene rings is 4. The molecular formula is C30H19ClN4O2S2. The average molecular weight is 567 g/mol. The van der Waals surface area contributed by atoms with Gasteiger partial charge in [0.2, 0.25) is 0 Å². The lowest BCUT2D eigenvalue weighted by molar-refractivity contribution is -0.123. The van der Waals surface area contributed by atoms with Crippen LogP contribution in [0.5, 0.6) is 0 Å². The Kier molecular flexibility index (Phi) is 6.74. The fourth-order valence-electron chi connectivity index (χ4n) is 4.28. The average Bonchev–Trinajstić information content (AvgIpc) is 3.50. The highest BCUT2D eigenvalue weighted by molar-refractivity contribution is 8.26. The van der Waals surface area contributed by atoms with Crippen LogP contribution in [0.15, 0.2) is 108 Å². The molecule has 1 fully saturated rings. The first kappa shape index (κ1) is 25.1. The van der Waals surface area contributed by atoms with E-state index < -0.39 is 11.8 Å². The molecule has 6 rings (SSSR count). The van der Waals surface area contributed by atoms with Crippen LogP contribution in [0.25, 0.3) is 33.8 Å². The first-order chi connectivity index (χ1) is 19.0. The molecule has 1 saturated heterocycles. The minimum Gasteiger partial charge on any atom is -0.267 e. The fourth-order valence-corrected chi connectivity index (χ4v) is 5.67. The maximum Gasteiger partial charge on any atom is 0.285 e. The number of nitrogens with one attached hydrogen (secondary N) is 1. The van der Waals surface area contributed by atoms with Gasteiger partial charge >= 0.3 is 0 Å². The molecule has 39 heavy (non-hydrogen) atoms. The maximum absolute atomic E-state index is 13.3. The highest BCUT2D eigenvalue weighted by Crippen LogP contribution is 2.35. The summed E-state index contributed by atoms with van der Waals surface area (Å²) in [6.07, 6.45) is 3.65. The van der Waals surface area contributed by atoms with Gasteiger partial charge in [-0.1, -0.05) is 90.1 Å². The lowest BCUT2D eigenvalue weighted by atomic mass is 10.0. The van der Waals surface area contributed by atoms with Gasteiger partial charge in [-0.05, 0) is 59.4 Å². The second-order valence-corrected chi connectivity index (χ2v) is 10.8. The quantitative estimate of drug-likeness (QED) is 0.185. The zero-order valence-electron chi connectivity index (χ0n) is 20.2. The first-order valence-electron chi connectivity index (χ1n) is 12.0. The van der Waals surface area contributed by atoms with E-state index in [1.54, 1.807) is 35.0 Å². The topological polar surface area (TPSA) is 67.2 Å². The third-order valence-electron chi connectivity index (χ3n) is 6.20. The van der Waals surface area contributed by atoms with Crippen molar-refractivity contribution in [3.05, 3.63) is 124 Å². The van der Waals surface area contributed by atoms with E-state index in [-0.39, 0.29) is 14.9 Å². The van der Waals surface area contributed by atoms with Crippen LogP contribution in [0.3, 0.4) is 0 Å². The summed E-state index contributed by atoms with van der Waals surface area (Å²) in [5.41, 5.74) is 6.10. The summed E-state index contributed by atoms with van der Waals surface area (Å²) in [6, 6.07) is 30.7. The number of aromatic nitrogens is 2. The number of hydrogen-bond acceptors (Lipinski definition) is 5. The van der Waals surface area contributed by atoms with E-state index in [1.165, 1.54) is 0 Å². The number of amides is 2. The monoisotopic (exact) mass is 566 g/mol. The van der Waals surface area contributed by atoms with Crippen molar-refractivity contribution in [2.75, 3.05) is 0 Å². The number of thioether (sulfide) groups is 1. The first-order valence-corrected chi connectivity index (χ1v) is 13.6. The van der Waals surface area contributed by atoms with Crippen LogP contribution >= 0.6 is 35.6 Å². The van der Waals surface area contributed by atoms with E-state index in [0.717, 1.165) is 50.1 Å². The minimum atomic E-state index is -0.521. The Morgan fingerprint density at radius 1 is 0.923 bits per heavy atom. The van der Waals surface area contributed by atoms with Crippen LogP contribution in [0, 0.1) is 0 Å². The van der Waals surface area contributed by atoms with Gasteiger partial charge in [0.25, 0.3) is 11.8 Å². The lowest BCUT2D eigenvalue weighted by Gasteiger charge is -2.16. The van der Waals surface area contributed by atoms with Crippen molar-refractivity contribution in [1.82, 2.24) is 20.2 Å². The van der Waals surface area contributed by atoms with Crippen LogP contribution < -0.4 is 5.43 Å². The number of para-hydroxylation sites is 1. The van der Waals surface area contributed by atoms with Crippen molar-refractivity contribution in [2.24, 2.45) is 0 Å². The van der Waals surface area contributed by atoms with Crippen molar-refractivity contribution in [1.29, 1.82) is 0 Å². The van der Waals surface area contributed by atoms with E-state index >= 15 is 0 Å². The Hall–Kier alpha value is -4.24. The lowest BCUT2D eigenvalue weighted by Crippen LogP contribution is -2.44. The van der Waals surface area contributed by atoms with Crippen molar-refractivity contribution >= 4 is 68.6 Å². The van der Waals surface area contributed by atoms with Gasteiger partial charge in [0, 0.05) is 17.3 Å². The molecule has 1 aromatic heterocycles. The van der Waals surface area contributed by atoms with E-state index in [9.17, 15) is 9.59 Å². The van der Waals surface area contributed by atoms with E-state index in [1.807, 2.05) is 54.7 Å². The summed E-state index contributed by atoms with van der Waals surface area (Å²) < 4.78 is 2.00. The molecule has 6 nitrogen and oxygen atoms in total. The van der Waals surface area contributed by atoms with Crippen LogP contribution in [0.4, 0.5) is 0 Å². The Balaban J connectivity index is 1.37. The molecule has 1 aliphatic rings. The van der Waals surface area contributed by atoms with Gasteiger partial charge in [0.15, 0.2) is 4.32 Å². The predicted molar refractivity (Wildman–Crippen MR) is 160 cm³/mol. The fraction of sp³-hybridized carbons (Fsp3) is 0. The summed E-state index contributed by atoms with van der Waals surface area (Å²) in [5.74, 6) is -0.950. The number of carbonyl (C=O) groups excluding carboxylic acids is 2. The maximum atomic E-state index is 13.3. The molecule has 4 aromatic carbocycles. The van der Waals surface area contributed by atoms with Crippen molar-refractivity contribution < 1.29 is 9.59 Å². The second kappa shape index (κ2) is 10.5. The van der Waals surface area contributed by atoms with Gasteiger partial charge in [-0.2, -0.15) is 10.1 Å². The number of halogens is 1. The van der Waals surface area contributed by atoms with Crippen LogP contribution in [-0.4, -0.2) is 30.9 Å². The third kappa shape index (κ3) is 4.97. The molecule has 2 heterocycles. The number of carbonyl (C=O) groups is 2. The molecule has 0 aliphatic carbocycles. The Morgan fingerprint density at radius 3 is 2.44 bits per heavy atom. The Labute approximate surface area is 238 Å². The van der Waals surface area contributed by atoms with Crippen LogP contribution in [-0.2, 0) is 4.79 Å². The molecule has 1 aliphatic heterocycles. The van der Waals surface area contributed by atoms with Crippen LogP contribution in [0.2, 0.25) is 5.02 Å². The zero-order chi connectivity index (χ0) is 26.9.